The van der Waals surface area contributed by atoms with Crippen molar-refractivity contribution in [1.29, 1.82) is 0 Å². The molecule has 0 saturated carbocycles. The Kier molecular flexibility index (Phi) is 2.58. The fraction of sp³-hybridized carbons (Fsp3) is 0.538. The first-order valence-corrected chi connectivity index (χ1v) is 6.27. The maximum absolute atomic E-state index is 10.2. The number of aliphatic hydroxyl groups is 1. The summed E-state index contributed by atoms with van der Waals surface area (Å²) in [6, 6.07) is 5.38. The van der Waals surface area contributed by atoms with Gasteiger partial charge in [0.05, 0.1) is 18.8 Å². The molecule has 0 radical (unpaired) electrons. The van der Waals surface area contributed by atoms with Gasteiger partial charge in [0.15, 0.2) is 0 Å². The highest BCUT2D eigenvalue weighted by molar-refractivity contribution is 6.30. The molecule has 2 aliphatic rings. The number of hydrogen-bond acceptors (Lipinski definition) is 3. The van der Waals surface area contributed by atoms with E-state index in [0.717, 1.165) is 17.7 Å². The van der Waals surface area contributed by atoms with Crippen LogP contribution in [0.4, 0.5) is 0 Å². The minimum Gasteiger partial charge on any atom is -0.484 e. The van der Waals surface area contributed by atoms with Crippen molar-refractivity contribution in [2.45, 2.75) is 37.6 Å². The molecule has 1 aromatic carbocycles. The number of benzene rings is 1. The van der Waals surface area contributed by atoms with Crippen LogP contribution in [0.2, 0.25) is 5.02 Å². The number of ether oxygens (including phenoxy) is 2. The molecule has 2 aliphatic heterocycles. The summed E-state index contributed by atoms with van der Waals surface area (Å²) in [6.07, 6.45) is 0.886. The van der Waals surface area contributed by atoms with E-state index in [2.05, 4.69) is 0 Å². The first-order chi connectivity index (χ1) is 8.11. The van der Waals surface area contributed by atoms with Gasteiger partial charge in [0.1, 0.15) is 11.4 Å². The van der Waals surface area contributed by atoms with Gasteiger partial charge in [-0.1, -0.05) is 11.6 Å². The molecule has 4 heteroatoms. The Hall–Kier alpha value is -0.770. The van der Waals surface area contributed by atoms with Crippen molar-refractivity contribution in [3.8, 4) is 5.75 Å². The van der Waals surface area contributed by atoms with E-state index < -0.39 is 6.10 Å². The van der Waals surface area contributed by atoms with Gasteiger partial charge in [0, 0.05) is 23.4 Å². The summed E-state index contributed by atoms with van der Waals surface area (Å²) in [5, 5.41) is 10.9. The highest BCUT2D eigenvalue weighted by Gasteiger charge is 2.48. The molecule has 1 N–H and O–H groups in total. The third-order valence-corrected chi connectivity index (χ3v) is 4.05. The molecule has 0 aromatic heterocycles. The van der Waals surface area contributed by atoms with Gasteiger partial charge in [-0.25, -0.2) is 0 Å². The van der Waals surface area contributed by atoms with Crippen LogP contribution in [-0.2, 0) is 4.74 Å². The predicted molar refractivity (Wildman–Crippen MR) is 64.4 cm³/mol. The lowest BCUT2D eigenvalue weighted by atomic mass is 9.84. The minimum atomic E-state index is -0.526. The van der Waals surface area contributed by atoms with Crippen molar-refractivity contribution in [2.24, 2.45) is 0 Å². The summed E-state index contributed by atoms with van der Waals surface area (Å²) in [5.74, 6) is 0.727. The third-order valence-electron chi connectivity index (χ3n) is 3.82. The summed E-state index contributed by atoms with van der Waals surface area (Å²) in [6.45, 7) is 2.69. The van der Waals surface area contributed by atoms with Crippen molar-refractivity contribution < 1.29 is 14.6 Å². The van der Waals surface area contributed by atoms with Gasteiger partial charge >= 0.3 is 0 Å². The zero-order valence-corrected chi connectivity index (χ0v) is 10.4. The number of fused-ring (bicyclic) bond motifs is 1. The van der Waals surface area contributed by atoms with Crippen molar-refractivity contribution in [2.75, 3.05) is 6.61 Å². The number of hydrogen-bond donors (Lipinski definition) is 1. The summed E-state index contributed by atoms with van der Waals surface area (Å²) < 4.78 is 11.6. The van der Waals surface area contributed by atoms with Crippen molar-refractivity contribution in [3.63, 3.8) is 0 Å². The molecular formula is C13H15ClO3. The van der Waals surface area contributed by atoms with E-state index in [9.17, 15) is 5.11 Å². The Bertz CT molecular complexity index is 448. The number of rotatable bonds is 0. The molecule has 3 rings (SSSR count). The molecular weight excluding hydrogens is 240 g/mol. The highest BCUT2D eigenvalue weighted by atomic mass is 35.5. The summed E-state index contributed by atoms with van der Waals surface area (Å²) in [4.78, 5) is 0. The lowest BCUT2D eigenvalue weighted by Crippen LogP contribution is -2.46. The van der Waals surface area contributed by atoms with Gasteiger partial charge in [-0.2, -0.15) is 0 Å². The van der Waals surface area contributed by atoms with Crippen LogP contribution in [0.15, 0.2) is 18.2 Å². The second kappa shape index (κ2) is 3.87. The van der Waals surface area contributed by atoms with Crippen LogP contribution in [0.1, 0.15) is 31.4 Å². The first-order valence-electron chi connectivity index (χ1n) is 5.89. The molecule has 2 heterocycles. The van der Waals surface area contributed by atoms with Gasteiger partial charge in [0.25, 0.3) is 0 Å². The molecule has 0 bridgehead atoms. The van der Waals surface area contributed by atoms with Crippen LogP contribution in [0.5, 0.6) is 5.75 Å². The van der Waals surface area contributed by atoms with E-state index in [4.69, 9.17) is 21.1 Å². The summed E-state index contributed by atoms with van der Waals surface area (Å²) in [5.41, 5.74) is 0.405. The zero-order valence-electron chi connectivity index (χ0n) is 9.65. The minimum absolute atomic E-state index is 0.0148. The topological polar surface area (TPSA) is 38.7 Å². The second-order valence-corrected chi connectivity index (χ2v) is 5.27. The number of halogens is 1. The van der Waals surface area contributed by atoms with E-state index in [0.29, 0.717) is 18.1 Å². The predicted octanol–water partition coefficient (Wildman–Crippen LogP) is 2.70. The Balaban J connectivity index is 2.01. The SMILES string of the molecule is CC1OCCC12CC(O)c1cc(Cl)ccc1O2. The molecule has 3 nitrogen and oxygen atoms in total. The molecule has 1 spiro atoms. The molecule has 17 heavy (non-hydrogen) atoms. The summed E-state index contributed by atoms with van der Waals surface area (Å²) in [7, 11) is 0. The largest absolute Gasteiger partial charge is 0.484 e. The first kappa shape index (κ1) is 11.3. The Morgan fingerprint density at radius 3 is 3.00 bits per heavy atom. The molecule has 0 amide bonds. The van der Waals surface area contributed by atoms with E-state index in [1.807, 2.05) is 13.0 Å². The highest BCUT2D eigenvalue weighted by Crippen LogP contribution is 2.46. The van der Waals surface area contributed by atoms with Gasteiger partial charge in [0.2, 0.25) is 0 Å². The van der Waals surface area contributed by atoms with Crippen LogP contribution in [0.25, 0.3) is 0 Å². The monoisotopic (exact) mass is 254 g/mol. The van der Waals surface area contributed by atoms with Crippen molar-refractivity contribution in [3.05, 3.63) is 28.8 Å². The molecule has 1 saturated heterocycles. The lowest BCUT2D eigenvalue weighted by Gasteiger charge is -2.40. The maximum Gasteiger partial charge on any atom is 0.140 e. The second-order valence-electron chi connectivity index (χ2n) is 4.83. The van der Waals surface area contributed by atoms with E-state index in [-0.39, 0.29) is 11.7 Å². The van der Waals surface area contributed by atoms with Crippen LogP contribution in [-0.4, -0.2) is 23.4 Å². The maximum atomic E-state index is 10.2. The third kappa shape index (κ3) is 1.73. The Morgan fingerprint density at radius 1 is 1.47 bits per heavy atom. The Morgan fingerprint density at radius 2 is 2.29 bits per heavy atom. The van der Waals surface area contributed by atoms with Gasteiger partial charge < -0.3 is 14.6 Å². The quantitative estimate of drug-likeness (QED) is 0.774. The van der Waals surface area contributed by atoms with Crippen LogP contribution in [0, 0.1) is 0 Å². The van der Waals surface area contributed by atoms with Gasteiger partial charge in [-0.3, -0.25) is 0 Å². The molecule has 3 atom stereocenters. The molecule has 1 aromatic rings. The van der Waals surface area contributed by atoms with Crippen LogP contribution in [0.3, 0.4) is 0 Å². The fourth-order valence-electron chi connectivity index (χ4n) is 2.74. The van der Waals surface area contributed by atoms with E-state index in [1.165, 1.54) is 0 Å². The van der Waals surface area contributed by atoms with Gasteiger partial charge in [-0.15, -0.1) is 0 Å². The zero-order chi connectivity index (χ0) is 12.0. The fourth-order valence-corrected chi connectivity index (χ4v) is 2.92. The van der Waals surface area contributed by atoms with Crippen LogP contribution >= 0.6 is 11.6 Å². The van der Waals surface area contributed by atoms with E-state index in [1.54, 1.807) is 12.1 Å². The van der Waals surface area contributed by atoms with Crippen molar-refractivity contribution >= 4 is 11.6 Å². The van der Waals surface area contributed by atoms with Crippen molar-refractivity contribution in [1.82, 2.24) is 0 Å². The molecule has 1 fully saturated rings. The number of aliphatic hydroxyl groups excluding tert-OH is 1. The summed E-state index contributed by atoms with van der Waals surface area (Å²) >= 11 is 5.93. The Labute approximate surface area is 105 Å². The smallest absolute Gasteiger partial charge is 0.140 e. The average Bonchev–Trinajstić information content (AvgIpc) is 2.62. The standard InChI is InChI=1S/C13H15ClO3/c1-8-13(4-5-16-8)7-11(15)10-6-9(14)2-3-12(10)17-13/h2-3,6,8,11,15H,4-5,7H2,1H3. The average molecular weight is 255 g/mol. The lowest BCUT2D eigenvalue weighted by molar-refractivity contribution is -0.0565. The molecule has 92 valence electrons. The van der Waals surface area contributed by atoms with Gasteiger partial charge in [-0.05, 0) is 25.1 Å². The van der Waals surface area contributed by atoms with E-state index >= 15 is 0 Å². The normalized spacial score (nSPS) is 35.7. The molecule has 3 unspecified atom stereocenters. The molecule has 0 aliphatic carbocycles. The van der Waals surface area contributed by atoms with Crippen LogP contribution < -0.4 is 4.74 Å².